The number of aliphatic hydroxyl groups excluding tert-OH is 1. The zero-order valence-corrected chi connectivity index (χ0v) is 18.8. The van der Waals surface area contributed by atoms with Crippen molar-refractivity contribution in [2.75, 3.05) is 6.54 Å². The Hall–Kier alpha value is -3.98. The average molecular weight is 465 g/mol. The molecule has 0 saturated heterocycles. The summed E-state index contributed by atoms with van der Waals surface area (Å²) in [7, 11) is 0. The van der Waals surface area contributed by atoms with E-state index in [2.05, 4.69) is 20.8 Å². The van der Waals surface area contributed by atoms with Crippen molar-refractivity contribution in [1.82, 2.24) is 20.8 Å². The van der Waals surface area contributed by atoms with Crippen LogP contribution in [-0.2, 0) is 11.2 Å². The van der Waals surface area contributed by atoms with Crippen LogP contribution in [0.25, 0.3) is 11.1 Å². The molecule has 3 rings (SSSR count). The van der Waals surface area contributed by atoms with E-state index in [9.17, 15) is 19.5 Å². The van der Waals surface area contributed by atoms with Gasteiger partial charge in [-0.1, -0.05) is 61.5 Å². The van der Waals surface area contributed by atoms with Gasteiger partial charge < -0.3 is 20.8 Å². The molecule has 2 atom stereocenters. The lowest BCUT2D eigenvalue weighted by molar-refractivity contribution is -0.147. The number of rotatable bonds is 11. The third kappa shape index (κ3) is 6.76. The molecule has 9 heteroatoms. The molecule has 0 aliphatic rings. The fourth-order valence-corrected chi connectivity index (χ4v) is 3.46. The molecule has 0 fully saturated rings. The van der Waals surface area contributed by atoms with E-state index in [4.69, 9.17) is 5.11 Å². The number of carboxylic acid groups (broad SMARTS) is 1. The number of carbonyl (C=O) groups is 3. The molecular weight excluding hydrogens is 436 g/mol. The van der Waals surface area contributed by atoms with Gasteiger partial charge in [0.05, 0.1) is 0 Å². The van der Waals surface area contributed by atoms with Gasteiger partial charge >= 0.3 is 5.97 Å². The molecule has 34 heavy (non-hydrogen) atoms. The van der Waals surface area contributed by atoms with Gasteiger partial charge in [0.2, 0.25) is 0 Å². The van der Waals surface area contributed by atoms with Crippen LogP contribution < -0.4 is 10.6 Å². The van der Waals surface area contributed by atoms with Crippen molar-refractivity contribution in [2.45, 2.75) is 38.3 Å². The first-order valence-electron chi connectivity index (χ1n) is 11.1. The third-order valence-corrected chi connectivity index (χ3v) is 5.26. The number of carbonyl (C=O) groups excluding carboxylic acids is 2. The molecule has 0 saturated carbocycles. The number of nitrogens with one attached hydrogen (secondary N) is 3. The van der Waals surface area contributed by atoms with E-state index in [0.717, 1.165) is 23.1 Å². The Kier molecular flexibility index (Phi) is 8.53. The molecule has 5 N–H and O–H groups in total. The second kappa shape index (κ2) is 11.8. The predicted octanol–water partition coefficient (Wildman–Crippen LogP) is 2.39. The van der Waals surface area contributed by atoms with Crippen molar-refractivity contribution < 1.29 is 24.6 Å². The quantitative estimate of drug-likeness (QED) is 0.295. The third-order valence-electron chi connectivity index (χ3n) is 5.26. The second-order valence-corrected chi connectivity index (χ2v) is 7.95. The zero-order valence-electron chi connectivity index (χ0n) is 18.8. The lowest BCUT2D eigenvalue weighted by atomic mass is 9.97. The summed E-state index contributed by atoms with van der Waals surface area (Å²) in [5, 5.41) is 30.8. The zero-order chi connectivity index (χ0) is 24.5. The number of H-pyrrole nitrogens is 1. The molecule has 0 spiro atoms. The van der Waals surface area contributed by atoms with Gasteiger partial charge in [-0.05, 0) is 29.5 Å². The van der Waals surface area contributed by atoms with Gasteiger partial charge in [0.25, 0.3) is 11.8 Å². The number of nitrogens with zero attached hydrogens (tertiary/aromatic N) is 1. The summed E-state index contributed by atoms with van der Waals surface area (Å²) in [5.74, 6) is -2.31. The summed E-state index contributed by atoms with van der Waals surface area (Å²) in [6.07, 6.45) is -0.738. The van der Waals surface area contributed by atoms with Gasteiger partial charge in [-0.3, -0.25) is 14.7 Å². The number of hydrogen-bond acceptors (Lipinski definition) is 5. The molecule has 0 bridgehead atoms. The van der Waals surface area contributed by atoms with Crippen molar-refractivity contribution in [3.05, 3.63) is 77.6 Å². The van der Waals surface area contributed by atoms with Crippen LogP contribution in [0, 0.1) is 0 Å². The van der Waals surface area contributed by atoms with Crippen LogP contribution in [0.2, 0.25) is 0 Å². The van der Waals surface area contributed by atoms with E-state index in [1.54, 1.807) is 0 Å². The maximum atomic E-state index is 12.7. The van der Waals surface area contributed by atoms with Crippen molar-refractivity contribution in [3.8, 4) is 11.1 Å². The summed E-state index contributed by atoms with van der Waals surface area (Å²) in [4.78, 5) is 36.0. The highest BCUT2D eigenvalue weighted by Gasteiger charge is 2.24. The Morgan fingerprint density at radius 2 is 1.68 bits per heavy atom. The van der Waals surface area contributed by atoms with Crippen LogP contribution in [0.1, 0.15) is 46.3 Å². The number of hydrogen-bond donors (Lipinski definition) is 5. The topological polar surface area (TPSA) is 144 Å². The van der Waals surface area contributed by atoms with Crippen LogP contribution in [0.15, 0.2) is 60.7 Å². The highest BCUT2D eigenvalue weighted by molar-refractivity contribution is 5.97. The highest BCUT2D eigenvalue weighted by Crippen LogP contribution is 2.20. The number of aliphatic carboxylic acids is 1. The minimum atomic E-state index is -1.63. The van der Waals surface area contributed by atoms with Gasteiger partial charge in [0.15, 0.2) is 11.8 Å². The van der Waals surface area contributed by atoms with Crippen LogP contribution in [0.3, 0.4) is 0 Å². The number of amides is 2. The maximum Gasteiger partial charge on any atom is 0.332 e. The molecule has 1 aromatic heterocycles. The minimum absolute atomic E-state index is 0.0656. The second-order valence-electron chi connectivity index (χ2n) is 7.95. The largest absolute Gasteiger partial charge is 0.479 e. The molecule has 2 aromatic carbocycles. The molecule has 1 unspecified atom stereocenters. The fraction of sp³-hybridized carbons (Fsp3) is 0.280. The van der Waals surface area contributed by atoms with Crippen LogP contribution in [0.4, 0.5) is 0 Å². The first-order chi connectivity index (χ1) is 16.4. The van der Waals surface area contributed by atoms with Crippen molar-refractivity contribution in [1.29, 1.82) is 0 Å². The van der Waals surface area contributed by atoms with E-state index < -0.39 is 29.9 Å². The van der Waals surface area contributed by atoms with Crippen LogP contribution in [-0.4, -0.2) is 56.9 Å². The molecular formula is C25H28N4O5. The lowest BCUT2D eigenvalue weighted by Crippen LogP contribution is -2.40. The Morgan fingerprint density at radius 1 is 1.00 bits per heavy atom. The molecule has 178 valence electrons. The normalized spacial score (nSPS) is 12.5. The predicted molar refractivity (Wildman–Crippen MR) is 126 cm³/mol. The van der Waals surface area contributed by atoms with Gasteiger partial charge in [-0.25, -0.2) is 4.79 Å². The molecule has 2 amide bonds. The Balaban J connectivity index is 1.71. The molecule has 0 aliphatic heterocycles. The van der Waals surface area contributed by atoms with E-state index in [1.807, 2.05) is 61.5 Å². The molecule has 1 heterocycles. The standard InChI is InChI=1S/C25H28N4O5/c1-2-12-26-23(31)20-15-21(29-28-20)24(32)27-19(14-22(30)25(33)34)13-16-8-10-18(11-9-16)17-6-4-3-5-7-17/h3-11,15,19,22,30H,2,12-14H2,1H3,(H,26,31)(H,27,32)(H,28,29)(H,33,34)/t19?,22-/m1/s1. The van der Waals surface area contributed by atoms with Gasteiger partial charge in [-0.2, -0.15) is 5.10 Å². The smallest absolute Gasteiger partial charge is 0.332 e. The Labute approximate surface area is 197 Å². The van der Waals surface area contributed by atoms with Gasteiger partial charge in [0.1, 0.15) is 5.69 Å². The molecule has 9 nitrogen and oxygen atoms in total. The molecule has 0 radical (unpaired) electrons. The SMILES string of the molecule is CCCNC(=O)c1cc(C(=O)NC(Cc2ccc(-c3ccccc3)cc2)C[C@@H](O)C(=O)O)[nH]n1. The van der Waals surface area contributed by atoms with Crippen LogP contribution >= 0.6 is 0 Å². The fourth-order valence-electron chi connectivity index (χ4n) is 3.46. The summed E-state index contributed by atoms with van der Waals surface area (Å²) in [6.45, 7) is 2.41. The van der Waals surface area contributed by atoms with Crippen molar-refractivity contribution >= 4 is 17.8 Å². The number of aromatic nitrogens is 2. The highest BCUT2D eigenvalue weighted by atomic mass is 16.4. The summed E-state index contributed by atoms with van der Waals surface area (Å²) >= 11 is 0. The molecule has 0 aliphatic carbocycles. The number of aromatic amines is 1. The van der Waals surface area contributed by atoms with Crippen LogP contribution in [0.5, 0.6) is 0 Å². The minimum Gasteiger partial charge on any atom is -0.479 e. The Morgan fingerprint density at radius 3 is 2.32 bits per heavy atom. The van der Waals surface area contributed by atoms with E-state index >= 15 is 0 Å². The van der Waals surface area contributed by atoms with E-state index in [1.165, 1.54) is 6.07 Å². The summed E-state index contributed by atoms with van der Waals surface area (Å²) < 4.78 is 0. The number of aliphatic hydroxyl groups is 1. The summed E-state index contributed by atoms with van der Waals surface area (Å²) in [5.41, 5.74) is 3.11. The maximum absolute atomic E-state index is 12.7. The van der Waals surface area contributed by atoms with Crippen molar-refractivity contribution in [3.63, 3.8) is 0 Å². The monoisotopic (exact) mass is 464 g/mol. The van der Waals surface area contributed by atoms with E-state index in [-0.39, 0.29) is 17.8 Å². The van der Waals surface area contributed by atoms with Crippen molar-refractivity contribution in [2.24, 2.45) is 0 Å². The first kappa shape index (κ1) is 24.7. The first-order valence-corrected chi connectivity index (χ1v) is 11.1. The number of benzene rings is 2. The van der Waals surface area contributed by atoms with E-state index in [0.29, 0.717) is 13.0 Å². The van der Waals surface area contributed by atoms with Gasteiger partial charge in [-0.15, -0.1) is 0 Å². The van der Waals surface area contributed by atoms with Gasteiger partial charge in [0, 0.05) is 25.1 Å². The lowest BCUT2D eigenvalue weighted by Gasteiger charge is -2.20. The average Bonchev–Trinajstić information content (AvgIpc) is 3.34. The summed E-state index contributed by atoms with van der Waals surface area (Å²) in [6, 6.07) is 18.2. The molecule has 3 aromatic rings. The Bertz CT molecular complexity index is 1110. The number of carboxylic acids is 1.